The van der Waals surface area contributed by atoms with Gasteiger partial charge in [-0.15, -0.1) is 0 Å². The summed E-state index contributed by atoms with van der Waals surface area (Å²) in [6, 6.07) is 1.76. The Morgan fingerprint density at radius 2 is 2.15 bits per heavy atom. The third-order valence-corrected chi connectivity index (χ3v) is 3.56. The van der Waals surface area contributed by atoms with E-state index < -0.39 is 17.6 Å². The van der Waals surface area contributed by atoms with Crippen LogP contribution in [0.3, 0.4) is 0 Å². The largest absolute Gasteiger partial charge is 0.478 e. The number of hydrogen-bond donors (Lipinski definition) is 1. The molecule has 6 heteroatoms. The lowest BCUT2D eigenvalue weighted by molar-refractivity contribution is 0.0695. The van der Waals surface area contributed by atoms with Crippen molar-refractivity contribution in [3.05, 3.63) is 40.6 Å². The molecule has 0 saturated heterocycles. The molecular weight excluding hydrogens is 266 g/mol. The number of carboxylic acids is 1. The zero-order valence-corrected chi connectivity index (χ0v) is 10.8. The number of hydrogen-bond acceptors (Lipinski definition) is 3. The molecule has 1 N–H and O–H groups in total. The Morgan fingerprint density at radius 3 is 2.85 bits per heavy atom. The lowest BCUT2D eigenvalue weighted by Gasteiger charge is -2.26. The lowest BCUT2D eigenvalue weighted by atomic mass is 9.96. The predicted molar refractivity (Wildman–Crippen MR) is 68.7 cm³/mol. The van der Waals surface area contributed by atoms with E-state index in [1.807, 2.05) is 11.9 Å². The van der Waals surface area contributed by atoms with Crippen molar-refractivity contribution in [1.82, 2.24) is 9.88 Å². The molecule has 20 heavy (non-hydrogen) atoms. The minimum Gasteiger partial charge on any atom is -0.478 e. The van der Waals surface area contributed by atoms with Crippen molar-refractivity contribution < 1.29 is 18.7 Å². The van der Waals surface area contributed by atoms with Crippen LogP contribution >= 0.6 is 0 Å². The summed E-state index contributed by atoms with van der Waals surface area (Å²) in [7, 11) is 1.86. The summed E-state index contributed by atoms with van der Waals surface area (Å²) in [5.41, 5.74) is 1.08. The number of fused-ring (bicyclic) bond motifs is 2. The van der Waals surface area contributed by atoms with Crippen LogP contribution < -0.4 is 0 Å². The first-order chi connectivity index (χ1) is 9.47. The number of benzene rings is 1. The van der Waals surface area contributed by atoms with E-state index in [0.717, 1.165) is 12.6 Å². The van der Waals surface area contributed by atoms with Crippen LogP contribution in [-0.2, 0) is 13.0 Å². The van der Waals surface area contributed by atoms with E-state index in [-0.39, 0.29) is 16.5 Å². The van der Waals surface area contributed by atoms with Crippen molar-refractivity contribution in [2.24, 2.45) is 0 Å². The Bertz CT molecular complexity index is 731. The van der Waals surface area contributed by atoms with Crippen LogP contribution in [0.15, 0.2) is 12.1 Å². The first kappa shape index (κ1) is 12.9. The summed E-state index contributed by atoms with van der Waals surface area (Å²) < 4.78 is 27.3. The van der Waals surface area contributed by atoms with Crippen molar-refractivity contribution in [3.63, 3.8) is 0 Å². The minimum absolute atomic E-state index is 0.0585. The highest BCUT2D eigenvalue weighted by molar-refractivity contribution is 6.04. The van der Waals surface area contributed by atoms with Gasteiger partial charge in [0.05, 0.1) is 16.5 Å². The van der Waals surface area contributed by atoms with Crippen LogP contribution in [0.2, 0.25) is 0 Å². The molecule has 3 rings (SSSR count). The standard InChI is InChI=1S/C14H12F2N2O2/c1-18-3-2-10-8(6-18)12(14(19)20)13-9(16)4-7(15)5-11(13)17-10/h4-5H,2-3,6H2,1H3,(H,19,20). The van der Waals surface area contributed by atoms with Gasteiger partial charge in [0.15, 0.2) is 0 Å². The molecule has 0 spiro atoms. The summed E-state index contributed by atoms with van der Waals surface area (Å²) >= 11 is 0. The van der Waals surface area contributed by atoms with E-state index in [9.17, 15) is 18.7 Å². The van der Waals surface area contributed by atoms with Gasteiger partial charge in [-0.1, -0.05) is 0 Å². The smallest absolute Gasteiger partial charge is 0.336 e. The van der Waals surface area contributed by atoms with Crippen molar-refractivity contribution in [2.75, 3.05) is 13.6 Å². The van der Waals surface area contributed by atoms with Crippen molar-refractivity contribution in [2.45, 2.75) is 13.0 Å². The van der Waals surface area contributed by atoms with Gasteiger partial charge < -0.3 is 10.0 Å². The Labute approximate surface area is 113 Å². The molecule has 2 aromatic rings. The summed E-state index contributed by atoms with van der Waals surface area (Å²) in [6.07, 6.45) is 0.570. The lowest BCUT2D eigenvalue weighted by Crippen LogP contribution is -2.29. The van der Waals surface area contributed by atoms with Gasteiger partial charge in [0.25, 0.3) is 0 Å². The van der Waals surface area contributed by atoms with Crippen LogP contribution in [0, 0.1) is 11.6 Å². The molecule has 0 saturated carbocycles. The number of nitrogens with zero attached hydrogens (tertiary/aromatic N) is 2. The van der Waals surface area contributed by atoms with E-state index in [1.54, 1.807) is 0 Å². The maximum absolute atomic E-state index is 14.0. The van der Waals surface area contributed by atoms with Crippen molar-refractivity contribution >= 4 is 16.9 Å². The van der Waals surface area contributed by atoms with Gasteiger partial charge in [-0.05, 0) is 7.05 Å². The fourth-order valence-corrected chi connectivity index (χ4v) is 2.66. The number of aromatic carboxylic acids is 1. The Morgan fingerprint density at radius 1 is 1.40 bits per heavy atom. The van der Waals surface area contributed by atoms with Crippen molar-refractivity contribution in [3.8, 4) is 0 Å². The normalized spacial score (nSPS) is 15.3. The van der Waals surface area contributed by atoms with Gasteiger partial charge >= 0.3 is 5.97 Å². The van der Waals surface area contributed by atoms with Crippen molar-refractivity contribution in [1.29, 1.82) is 0 Å². The zero-order valence-electron chi connectivity index (χ0n) is 10.8. The Balaban J connectivity index is 2.42. The number of halogens is 2. The fraction of sp³-hybridized carbons (Fsp3) is 0.286. The van der Waals surface area contributed by atoms with Crippen LogP contribution in [0.5, 0.6) is 0 Å². The van der Waals surface area contributed by atoms with Gasteiger partial charge in [-0.3, -0.25) is 4.98 Å². The highest BCUT2D eigenvalue weighted by Gasteiger charge is 2.26. The second-order valence-corrected chi connectivity index (χ2v) is 4.99. The molecule has 1 aliphatic rings. The van der Waals surface area contributed by atoms with E-state index in [2.05, 4.69) is 4.98 Å². The molecule has 0 fully saturated rings. The van der Waals surface area contributed by atoms with E-state index >= 15 is 0 Å². The summed E-state index contributed by atoms with van der Waals surface area (Å²) in [5, 5.41) is 9.29. The number of pyridine rings is 1. The third-order valence-electron chi connectivity index (χ3n) is 3.56. The molecule has 2 heterocycles. The molecule has 1 aliphatic heterocycles. The summed E-state index contributed by atoms with van der Waals surface area (Å²) in [6.45, 7) is 1.14. The molecule has 0 aliphatic carbocycles. The van der Waals surface area contributed by atoms with E-state index in [1.165, 1.54) is 0 Å². The third kappa shape index (κ3) is 1.92. The molecule has 0 bridgehead atoms. The maximum atomic E-state index is 14.0. The predicted octanol–water partition coefficient (Wildman–Crippen LogP) is 2.20. The Kier molecular flexibility index (Phi) is 2.90. The quantitative estimate of drug-likeness (QED) is 0.869. The molecule has 1 aromatic carbocycles. The van der Waals surface area contributed by atoms with E-state index in [4.69, 9.17) is 0 Å². The SMILES string of the molecule is CN1CCc2nc3cc(F)cc(F)c3c(C(=O)O)c2C1. The fourth-order valence-electron chi connectivity index (χ4n) is 2.66. The maximum Gasteiger partial charge on any atom is 0.336 e. The molecule has 0 atom stereocenters. The topological polar surface area (TPSA) is 53.4 Å². The highest BCUT2D eigenvalue weighted by Crippen LogP contribution is 2.30. The average molecular weight is 278 g/mol. The molecule has 0 radical (unpaired) electrons. The Hall–Kier alpha value is -2.08. The van der Waals surface area contributed by atoms with Crippen LogP contribution in [0.4, 0.5) is 8.78 Å². The first-order valence-corrected chi connectivity index (χ1v) is 6.19. The van der Waals surface area contributed by atoms with Gasteiger partial charge in [-0.2, -0.15) is 0 Å². The number of likely N-dealkylation sites (N-methyl/N-ethyl adjacent to an activating group) is 1. The molecule has 0 amide bonds. The van der Waals surface area contributed by atoms with Crippen LogP contribution in [-0.4, -0.2) is 34.6 Å². The van der Waals surface area contributed by atoms with Gasteiger partial charge in [0.2, 0.25) is 0 Å². The minimum atomic E-state index is -1.21. The van der Waals surface area contributed by atoms with Crippen LogP contribution in [0.1, 0.15) is 21.6 Å². The van der Waals surface area contributed by atoms with E-state index in [0.29, 0.717) is 30.3 Å². The molecular formula is C14H12F2N2O2. The monoisotopic (exact) mass is 278 g/mol. The summed E-state index contributed by atoms with van der Waals surface area (Å²) in [5.74, 6) is -2.86. The first-order valence-electron chi connectivity index (χ1n) is 6.19. The molecule has 4 nitrogen and oxygen atoms in total. The molecule has 1 aromatic heterocycles. The number of aromatic nitrogens is 1. The highest BCUT2D eigenvalue weighted by atomic mass is 19.1. The molecule has 104 valence electrons. The second kappa shape index (κ2) is 4.49. The number of carboxylic acid groups (broad SMARTS) is 1. The number of carbonyl (C=O) groups is 1. The second-order valence-electron chi connectivity index (χ2n) is 4.99. The average Bonchev–Trinajstić information content (AvgIpc) is 2.36. The zero-order chi connectivity index (χ0) is 14.4. The van der Waals surface area contributed by atoms with Gasteiger partial charge in [0.1, 0.15) is 11.6 Å². The van der Waals surface area contributed by atoms with Crippen LogP contribution in [0.25, 0.3) is 10.9 Å². The van der Waals surface area contributed by atoms with Gasteiger partial charge in [-0.25, -0.2) is 13.6 Å². The number of rotatable bonds is 1. The summed E-state index contributed by atoms with van der Waals surface area (Å²) in [4.78, 5) is 17.7. The molecule has 0 unspecified atom stereocenters. The van der Waals surface area contributed by atoms with Gasteiger partial charge in [0, 0.05) is 42.9 Å².